The fourth-order valence-corrected chi connectivity index (χ4v) is 5.26. The minimum absolute atomic E-state index is 0.00177. The van der Waals surface area contributed by atoms with Crippen LogP contribution in [0, 0.1) is 12.8 Å². The first-order chi connectivity index (χ1) is 14.3. The van der Waals surface area contributed by atoms with Crippen LogP contribution >= 0.6 is 0 Å². The molecule has 0 aliphatic carbocycles. The molecular formula is C23H31N3O3S. The summed E-state index contributed by atoms with van der Waals surface area (Å²) >= 11 is 0. The molecule has 1 N–H and O–H groups in total. The van der Waals surface area contributed by atoms with Crippen LogP contribution in [0.5, 0.6) is 0 Å². The van der Waals surface area contributed by atoms with Crippen LogP contribution in [0.4, 0.5) is 0 Å². The van der Waals surface area contributed by atoms with E-state index in [2.05, 4.69) is 10.2 Å². The molecule has 1 aliphatic rings. The molecule has 0 aromatic heterocycles. The van der Waals surface area contributed by atoms with Crippen molar-refractivity contribution in [2.24, 2.45) is 5.92 Å². The van der Waals surface area contributed by atoms with Gasteiger partial charge in [0.25, 0.3) is 0 Å². The Morgan fingerprint density at radius 2 is 1.67 bits per heavy atom. The topological polar surface area (TPSA) is 69.7 Å². The van der Waals surface area contributed by atoms with Gasteiger partial charge in [-0.05, 0) is 51.6 Å². The third kappa shape index (κ3) is 5.47. The van der Waals surface area contributed by atoms with Gasteiger partial charge in [0.15, 0.2) is 0 Å². The zero-order valence-corrected chi connectivity index (χ0v) is 18.7. The van der Waals surface area contributed by atoms with Crippen LogP contribution in [-0.4, -0.2) is 57.3 Å². The molecule has 0 spiro atoms. The maximum Gasteiger partial charge on any atom is 0.243 e. The molecule has 6 nitrogen and oxygen atoms in total. The molecule has 162 valence electrons. The Balaban J connectivity index is 1.62. The minimum Gasteiger partial charge on any atom is -0.348 e. The van der Waals surface area contributed by atoms with E-state index < -0.39 is 10.0 Å². The molecule has 3 rings (SSSR count). The summed E-state index contributed by atoms with van der Waals surface area (Å²) in [4.78, 5) is 15.3. The number of benzene rings is 2. The van der Waals surface area contributed by atoms with Gasteiger partial charge < -0.3 is 10.2 Å². The lowest BCUT2D eigenvalue weighted by atomic mass is 9.96. The smallest absolute Gasteiger partial charge is 0.243 e. The Kier molecular flexibility index (Phi) is 7.28. The van der Waals surface area contributed by atoms with Crippen molar-refractivity contribution in [1.82, 2.24) is 14.5 Å². The summed E-state index contributed by atoms with van der Waals surface area (Å²) in [5.41, 5.74) is 2.09. The van der Waals surface area contributed by atoms with Gasteiger partial charge in [0.05, 0.1) is 10.9 Å². The molecule has 1 heterocycles. The Bertz CT molecular complexity index is 935. The van der Waals surface area contributed by atoms with E-state index in [0.29, 0.717) is 37.4 Å². The molecule has 0 saturated carbocycles. The highest BCUT2D eigenvalue weighted by Gasteiger charge is 2.32. The van der Waals surface area contributed by atoms with E-state index in [4.69, 9.17) is 0 Å². The van der Waals surface area contributed by atoms with Crippen LogP contribution in [-0.2, 0) is 14.8 Å². The van der Waals surface area contributed by atoms with Crippen LogP contribution in [0.15, 0.2) is 59.5 Å². The van der Waals surface area contributed by atoms with Gasteiger partial charge >= 0.3 is 0 Å². The van der Waals surface area contributed by atoms with Gasteiger partial charge in [0.2, 0.25) is 15.9 Å². The number of nitrogens with zero attached hydrogens (tertiary/aromatic N) is 2. The molecule has 30 heavy (non-hydrogen) atoms. The fourth-order valence-electron chi connectivity index (χ4n) is 3.79. The highest BCUT2D eigenvalue weighted by atomic mass is 32.2. The Hall–Kier alpha value is -2.22. The summed E-state index contributed by atoms with van der Waals surface area (Å²) in [6.45, 7) is 3.35. The molecule has 1 fully saturated rings. The number of carbonyl (C=O) groups excluding carboxylic acids is 1. The van der Waals surface area contributed by atoms with Gasteiger partial charge in [0, 0.05) is 25.6 Å². The van der Waals surface area contributed by atoms with Gasteiger partial charge in [0.1, 0.15) is 0 Å². The van der Waals surface area contributed by atoms with Crippen LogP contribution in [0.25, 0.3) is 0 Å². The first-order valence-electron chi connectivity index (χ1n) is 10.3. The summed E-state index contributed by atoms with van der Waals surface area (Å²) in [5, 5.41) is 3.18. The first-order valence-corrected chi connectivity index (χ1v) is 11.8. The van der Waals surface area contributed by atoms with Gasteiger partial charge in [-0.1, -0.05) is 48.0 Å². The predicted molar refractivity (Wildman–Crippen MR) is 119 cm³/mol. The summed E-state index contributed by atoms with van der Waals surface area (Å²) < 4.78 is 27.3. The monoisotopic (exact) mass is 429 g/mol. The molecule has 2 aromatic rings. The number of piperidine rings is 1. The van der Waals surface area contributed by atoms with Crippen molar-refractivity contribution in [3.63, 3.8) is 0 Å². The maximum absolute atomic E-state index is 12.9. The van der Waals surface area contributed by atoms with Crippen molar-refractivity contribution in [2.75, 3.05) is 33.7 Å². The number of sulfonamides is 1. The van der Waals surface area contributed by atoms with Crippen molar-refractivity contribution < 1.29 is 13.2 Å². The second-order valence-electron chi connectivity index (χ2n) is 8.23. The lowest BCUT2D eigenvalue weighted by Gasteiger charge is -2.32. The molecule has 7 heteroatoms. The van der Waals surface area contributed by atoms with E-state index in [0.717, 1.165) is 11.1 Å². The minimum atomic E-state index is -3.51. The maximum atomic E-state index is 12.9. The van der Waals surface area contributed by atoms with Crippen molar-refractivity contribution in [2.45, 2.75) is 30.7 Å². The molecule has 0 radical (unpaired) electrons. The highest BCUT2D eigenvalue weighted by molar-refractivity contribution is 7.89. The Morgan fingerprint density at radius 1 is 1.07 bits per heavy atom. The van der Waals surface area contributed by atoms with Crippen molar-refractivity contribution in [3.05, 3.63) is 65.7 Å². The first kappa shape index (κ1) is 22.5. The molecule has 1 atom stereocenters. The van der Waals surface area contributed by atoms with E-state index in [1.807, 2.05) is 63.5 Å². The molecule has 2 aromatic carbocycles. The third-order valence-corrected chi connectivity index (χ3v) is 7.46. The normalized spacial score (nSPS) is 17.1. The summed E-state index contributed by atoms with van der Waals surface area (Å²) in [5.74, 6) is -0.180. The molecule has 0 unspecified atom stereocenters. The number of rotatable bonds is 7. The number of hydrogen-bond donors (Lipinski definition) is 1. The zero-order valence-electron chi connectivity index (χ0n) is 17.9. The summed E-state index contributed by atoms with van der Waals surface area (Å²) in [7, 11) is 0.450. The number of carbonyl (C=O) groups is 1. The average molecular weight is 430 g/mol. The van der Waals surface area contributed by atoms with Crippen molar-refractivity contribution in [3.8, 4) is 0 Å². The van der Waals surface area contributed by atoms with Crippen LogP contribution < -0.4 is 5.32 Å². The van der Waals surface area contributed by atoms with Crippen LogP contribution in [0.1, 0.15) is 30.0 Å². The van der Waals surface area contributed by atoms with E-state index >= 15 is 0 Å². The van der Waals surface area contributed by atoms with Gasteiger partial charge in [-0.2, -0.15) is 4.31 Å². The van der Waals surface area contributed by atoms with Crippen LogP contribution in [0.2, 0.25) is 0 Å². The summed E-state index contributed by atoms with van der Waals surface area (Å²) in [6.07, 6.45) is 1.06. The van der Waals surface area contributed by atoms with Gasteiger partial charge in [-0.15, -0.1) is 0 Å². The van der Waals surface area contributed by atoms with Crippen molar-refractivity contribution >= 4 is 15.9 Å². The highest BCUT2D eigenvalue weighted by Crippen LogP contribution is 2.25. The van der Waals surface area contributed by atoms with E-state index in [1.165, 1.54) is 4.31 Å². The van der Waals surface area contributed by atoms with Gasteiger partial charge in [-0.25, -0.2) is 8.42 Å². The molecule has 1 aliphatic heterocycles. The Morgan fingerprint density at radius 3 is 2.23 bits per heavy atom. The van der Waals surface area contributed by atoms with Crippen molar-refractivity contribution in [1.29, 1.82) is 0 Å². The van der Waals surface area contributed by atoms with E-state index in [9.17, 15) is 13.2 Å². The molecule has 1 amide bonds. The second-order valence-corrected chi connectivity index (χ2v) is 10.2. The predicted octanol–water partition coefficient (Wildman–Crippen LogP) is 2.81. The number of likely N-dealkylation sites (N-methyl/N-ethyl adjacent to an activating group) is 1. The quantitative estimate of drug-likeness (QED) is 0.735. The van der Waals surface area contributed by atoms with Gasteiger partial charge in [-0.3, -0.25) is 4.79 Å². The average Bonchev–Trinajstić information content (AvgIpc) is 2.74. The lowest BCUT2D eigenvalue weighted by molar-refractivity contribution is -0.127. The fraction of sp³-hybridized carbons (Fsp3) is 0.435. The van der Waals surface area contributed by atoms with E-state index in [1.54, 1.807) is 12.1 Å². The number of hydrogen-bond acceptors (Lipinski definition) is 4. The SMILES string of the molecule is Cc1ccc(S(=O)(=O)N2CCC(C(=O)N[C@@H](CN(C)C)c3ccccc3)CC2)cc1. The number of nitrogens with one attached hydrogen (secondary N) is 1. The summed E-state index contributed by atoms with van der Waals surface area (Å²) in [6, 6.07) is 16.8. The zero-order chi connectivity index (χ0) is 21.7. The number of aryl methyl sites for hydroxylation is 1. The Labute approximate surface area is 179 Å². The largest absolute Gasteiger partial charge is 0.348 e. The number of amides is 1. The molecule has 1 saturated heterocycles. The lowest BCUT2D eigenvalue weighted by Crippen LogP contribution is -2.44. The standard InChI is InChI=1S/C23H31N3O3S/c1-18-9-11-21(12-10-18)30(28,29)26-15-13-20(14-16-26)23(27)24-22(17-25(2)3)19-7-5-4-6-8-19/h4-12,20,22H,13-17H2,1-3H3,(H,24,27)/t22-/m0/s1. The molecular weight excluding hydrogens is 398 g/mol. The molecule has 0 bridgehead atoms. The third-order valence-electron chi connectivity index (χ3n) is 5.55. The van der Waals surface area contributed by atoms with E-state index in [-0.39, 0.29) is 17.9 Å². The second kappa shape index (κ2) is 9.73. The van der Waals surface area contributed by atoms with Crippen LogP contribution in [0.3, 0.4) is 0 Å².